The molecule has 0 fully saturated rings. The van der Waals surface area contributed by atoms with Crippen molar-refractivity contribution < 1.29 is 4.57 Å². The van der Waals surface area contributed by atoms with E-state index in [2.05, 4.69) is 55.5 Å². The van der Waals surface area contributed by atoms with Crippen LogP contribution in [-0.4, -0.2) is 23.5 Å². The minimum Gasteiger partial charge on any atom is -0.292 e. The van der Waals surface area contributed by atoms with E-state index >= 15 is 0 Å². The topological polar surface area (TPSA) is 7.12 Å². The molecule has 0 saturated carbocycles. The predicted molar refractivity (Wildman–Crippen MR) is 73.2 cm³/mol. The highest BCUT2D eigenvalue weighted by Crippen LogP contribution is 2.04. The van der Waals surface area contributed by atoms with E-state index in [1.165, 1.54) is 5.69 Å². The van der Waals surface area contributed by atoms with Crippen molar-refractivity contribution in [1.29, 1.82) is 0 Å². The molecule has 1 rings (SSSR count). The maximum Gasteiger partial charge on any atom is 0.196 e. The molecule has 0 unspecified atom stereocenters. The second kappa shape index (κ2) is 6.97. The first-order chi connectivity index (χ1) is 8.06. The molecule has 0 atom stereocenters. The van der Waals surface area contributed by atoms with Crippen LogP contribution in [0.5, 0.6) is 0 Å². The zero-order valence-electron chi connectivity index (χ0n) is 11.4. The van der Waals surface area contributed by atoms with Crippen LogP contribution >= 0.6 is 11.6 Å². The molecule has 0 radical (unpaired) electrons. The minimum absolute atomic E-state index is 0.574. The lowest BCUT2D eigenvalue weighted by Crippen LogP contribution is -2.47. The normalized spacial score (nSPS) is 11.8. The molecule has 96 valence electrons. The zero-order chi connectivity index (χ0) is 12.8. The van der Waals surface area contributed by atoms with Crippen LogP contribution in [0.25, 0.3) is 0 Å². The van der Waals surface area contributed by atoms with Gasteiger partial charge in [0.1, 0.15) is 5.88 Å². The first-order valence-electron chi connectivity index (χ1n) is 6.35. The van der Waals surface area contributed by atoms with E-state index in [0.29, 0.717) is 18.0 Å². The Bertz CT molecular complexity index is 329. The van der Waals surface area contributed by atoms with Gasteiger partial charge in [-0.3, -0.25) is 4.90 Å². The minimum atomic E-state index is 0.574. The van der Waals surface area contributed by atoms with Gasteiger partial charge < -0.3 is 0 Å². The van der Waals surface area contributed by atoms with Crippen molar-refractivity contribution >= 4 is 11.6 Å². The Kier molecular flexibility index (Phi) is 5.93. The maximum absolute atomic E-state index is 5.94. The van der Waals surface area contributed by atoms with Crippen molar-refractivity contribution in [3.8, 4) is 0 Å². The fourth-order valence-corrected chi connectivity index (χ4v) is 2.43. The van der Waals surface area contributed by atoms with Crippen LogP contribution in [0.15, 0.2) is 24.4 Å². The summed E-state index contributed by atoms with van der Waals surface area (Å²) in [6, 6.07) is 7.35. The van der Waals surface area contributed by atoms with Crippen LogP contribution < -0.4 is 4.57 Å². The molecule has 0 bridgehead atoms. The molecule has 0 aliphatic rings. The molecular weight excluding hydrogens is 232 g/mol. The number of rotatable bonds is 6. The third kappa shape index (κ3) is 4.29. The van der Waals surface area contributed by atoms with Gasteiger partial charge in [-0.15, -0.1) is 11.6 Å². The van der Waals surface area contributed by atoms with Gasteiger partial charge in [-0.1, -0.05) is 6.07 Å². The molecule has 3 heteroatoms. The molecule has 0 aliphatic heterocycles. The first kappa shape index (κ1) is 14.5. The molecule has 0 saturated heterocycles. The Balaban J connectivity index is 2.65. The Morgan fingerprint density at radius 1 is 1.18 bits per heavy atom. The van der Waals surface area contributed by atoms with E-state index in [1.807, 2.05) is 6.07 Å². The summed E-state index contributed by atoms with van der Waals surface area (Å²) < 4.78 is 2.24. The Morgan fingerprint density at radius 3 is 2.35 bits per heavy atom. The third-order valence-electron chi connectivity index (χ3n) is 3.10. The molecule has 0 aliphatic carbocycles. The first-order valence-corrected chi connectivity index (χ1v) is 6.88. The molecule has 1 aromatic heterocycles. The third-order valence-corrected chi connectivity index (χ3v) is 3.37. The summed E-state index contributed by atoms with van der Waals surface area (Å²) in [5.41, 5.74) is 1.18. The van der Waals surface area contributed by atoms with Crippen molar-refractivity contribution in [2.45, 2.75) is 52.2 Å². The van der Waals surface area contributed by atoms with Gasteiger partial charge in [0.2, 0.25) is 0 Å². The number of halogens is 1. The van der Waals surface area contributed by atoms with Crippen molar-refractivity contribution in [3.63, 3.8) is 0 Å². The highest BCUT2D eigenvalue weighted by atomic mass is 35.5. The second-order valence-corrected chi connectivity index (χ2v) is 5.21. The van der Waals surface area contributed by atoms with Gasteiger partial charge in [0, 0.05) is 24.2 Å². The van der Waals surface area contributed by atoms with E-state index in [0.717, 1.165) is 13.1 Å². The highest BCUT2D eigenvalue weighted by Gasteiger charge is 2.16. The van der Waals surface area contributed by atoms with Crippen molar-refractivity contribution in [3.05, 3.63) is 30.1 Å². The summed E-state index contributed by atoms with van der Waals surface area (Å²) in [5.74, 6) is 0.574. The summed E-state index contributed by atoms with van der Waals surface area (Å²) >= 11 is 5.94. The molecule has 1 heterocycles. The largest absolute Gasteiger partial charge is 0.292 e. The molecule has 0 N–H and O–H groups in total. The molecule has 1 aromatic rings. The molecule has 0 spiro atoms. The van der Waals surface area contributed by atoms with Crippen molar-refractivity contribution in [2.24, 2.45) is 0 Å². The molecule has 2 nitrogen and oxygen atoms in total. The maximum atomic E-state index is 5.94. The SMILES string of the molecule is CC(C)N(CC[n+]1ccccc1CCl)C(C)C. The lowest BCUT2D eigenvalue weighted by Gasteiger charge is -2.29. The smallest absolute Gasteiger partial charge is 0.196 e. The van der Waals surface area contributed by atoms with E-state index in [4.69, 9.17) is 11.6 Å². The zero-order valence-corrected chi connectivity index (χ0v) is 12.1. The van der Waals surface area contributed by atoms with Crippen LogP contribution in [0.3, 0.4) is 0 Å². The fourth-order valence-electron chi connectivity index (χ4n) is 2.19. The van der Waals surface area contributed by atoms with Crippen molar-refractivity contribution in [1.82, 2.24) is 4.90 Å². The molecule has 0 amide bonds. The van der Waals surface area contributed by atoms with Gasteiger partial charge in [-0.05, 0) is 27.7 Å². The van der Waals surface area contributed by atoms with Gasteiger partial charge in [0.05, 0.1) is 6.54 Å². The van der Waals surface area contributed by atoms with Crippen LogP contribution in [-0.2, 0) is 12.4 Å². The van der Waals surface area contributed by atoms with Gasteiger partial charge in [-0.2, -0.15) is 0 Å². The van der Waals surface area contributed by atoms with E-state index in [9.17, 15) is 0 Å². The number of alkyl halides is 1. The monoisotopic (exact) mass is 255 g/mol. The summed E-state index contributed by atoms with van der Waals surface area (Å²) in [6.45, 7) is 11.1. The second-order valence-electron chi connectivity index (χ2n) is 4.94. The highest BCUT2D eigenvalue weighted by molar-refractivity contribution is 6.16. The number of nitrogens with zero attached hydrogens (tertiary/aromatic N) is 2. The van der Waals surface area contributed by atoms with Gasteiger partial charge in [0.25, 0.3) is 0 Å². The van der Waals surface area contributed by atoms with E-state index in [1.54, 1.807) is 0 Å². The standard InChI is InChI=1S/C14H24ClN2/c1-12(2)17(13(3)4)10-9-16-8-6-5-7-14(16)11-15/h5-8,12-13H,9-11H2,1-4H3/q+1. The van der Waals surface area contributed by atoms with Crippen LogP contribution in [0.2, 0.25) is 0 Å². The summed E-state index contributed by atoms with van der Waals surface area (Å²) in [7, 11) is 0. The number of pyridine rings is 1. The molecular formula is C14H24ClN2+. The Labute approximate surface area is 110 Å². The Morgan fingerprint density at radius 2 is 1.82 bits per heavy atom. The summed E-state index contributed by atoms with van der Waals surface area (Å²) in [5, 5.41) is 0. The van der Waals surface area contributed by atoms with E-state index in [-0.39, 0.29) is 0 Å². The summed E-state index contributed by atoms with van der Waals surface area (Å²) in [4.78, 5) is 2.50. The Hall–Kier alpha value is -0.600. The van der Waals surface area contributed by atoms with Gasteiger partial charge in [-0.25, -0.2) is 4.57 Å². The fraction of sp³-hybridized carbons (Fsp3) is 0.643. The average Bonchev–Trinajstić information content (AvgIpc) is 2.29. The lowest BCUT2D eigenvalue weighted by atomic mass is 10.2. The van der Waals surface area contributed by atoms with Crippen LogP contribution in [0.1, 0.15) is 33.4 Å². The molecule has 17 heavy (non-hydrogen) atoms. The predicted octanol–water partition coefficient (Wildman–Crippen LogP) is 2.83. The number of hydrogen-bond acceptors (Lipinski definition) is 1. The summed E-state index contributed by atoms with van der Waals surface area (Å²) in [6.07, 6.45) is 2.11. The quantitative estimate of drug-likeness (QED) is 0.560. The van der Waals surface area contributed by atoms with E-state index < -0.39 is 0 Å². The molecule has 0 aromatic carbocycles. The van der Waals surface area contributed by atoms with Crippen LogP contribution in [0.4, 0.5) is 0 Å². The van der Waals surface area contributed by atoms with Gasteiger partial charge >= 0.3 is 0 Å². The number of aromatic nitrogens is 1. The lowest BCUT2D eigenvalue weighted by molar-refractivity contribution is -0.703. The average molecular weight is 256 g/mol. The van der Waals surface area contributed by atoms with Crippen LogP contribution in [0, 0.1) is 0 Å². The number of hydrogen-bond donors (Lipinski definition) is 0. The van der Waals surface area contributed by atoms with Crippen molar-refractivity contribution in [2.75, 3.05) is 6.54 Å². The van der Waals surface area contributed by atoms with Gasteiger partial charge in [0.15, 0.2) is 18.4 Å².